The maximum atomic E-state index is 12.2. The third-order valence-corrected chi connectivity index (χ3v) is 3.94. The average Bonchev–Trinajstić information content (AvgIpc) is 2.57. The van der Waals surface area contributed by atoms with E-state index in [0.717, 1.165) is 16.1 Å². The van der Waals surface area contributed by atoms with Crippen LogP contribution in [-0.4, -0.2) is 12.2 Å². The molecule has 0 radical (unpaired) electrons. The summed E-state index contributed by atoms with van der Waals surface area (Å²) in [6.07, 6.45) is 3.42. The first-order valence-corrected chi connectivity index (χ1v) is 8.24. The van der Waals surface area contributed by atoms with E-state index in [0.29, 0.717) is 5.69 Å². The van der Waals surface area contributed by atoms with E-state index in [1.807, 2.05) is 61.7 Å². The topological polar surface area (TPSA) is 64.9 Å². The van der Waals surface area contributed by atoms with Gasteiger partial charge in [-0.2, -0.15) is 5.26 Å². The van der Waals surface area contributed by atoms with Crippen LogP contribution in [0.3, 0.4) is 0 Å². The molecule has 2 aromatic carbocycles. The van der Waals surface area contributed by atoms with Crippen LogP contribution in [0, 0.1) is 18.3 Å². The van der Waals surface area contributed by atoms with Crippen LogP contribution in [0.1, 0.15) is 5.56 Å². The number of benzene rings is 2. The zero-order valence-electron chi connectivity index (χ0n) is 13.0. The molecular weight excluding hydrogens is 306 g/mol. The first kappa shape index (κ1) is 16.7. The van der Waals surface area contributed by atoms with Crippen LogP contribution >= 0.6 is 11.8 Å². The van der Waals surface area contributed by atoms with Crippen LogP contribution in [0.2, 0.25) is 0 Å². The fourth-order valence-corrected chi connectivity index (χ4v) is 2.38. The minimum absolute atomic E-state index is 0.0165. The van der Waals surface area contributed by atoms with Gasteiger partial charge in [0.15, 0.2) is 0 Å². The Kier molecular flexibility index (Phi) is 5.84. The lowest BCUT2D eigenvalue weighted by Crippen LogP contribution is -2.15. The Balaban J connectivity index is 2.10. The second kappa shape index (κ2) is 8.06. The molecule has 0 heterocycles. The van der Waals surface area contributed by atoms with Gasteiger partial charge in [0.1, 0.15) is 11.6 Å². The van der Waals surface area contributed by atoms with E-state index in [1.165, 1.54) is 6.20 Å². The van der Waals surface area contributed by atoms with Crippen molar-refractivity contribution in [2.75, 3.05) is 16.9 Å². The first-order chi connectivity index (χ1) is 11.1. The van der Waals surface area contributed by atoms with E-state index < -0.39 is 5.91 Å². The van der Waals surface area contributed by atoms with Gasteiger partial charge in [0.05, 0.1) is 0 Å². The summed E-state index contributed by atoms with van der Waals surface area (Å²) in [5.74, 6) is -0.435. The van der Waals surface area contributed by atoms with Crippen LogP contribution in [0.4, 0.5) is 11.4 Å². The van der Waals surface area contributed by atoms with Gasteiger partial charge in [-0.25, -0.2) is 0 Å². The smallest absolute Gasteiger partial charge is 0.267 e. The number of anilines is 2. The van der Waals surface area contributed by atoms with Crippen molar-refractivity contribution in [3.63, 3.8) is 0 Å². The van der Waals surface area contributed by atoms with E-state index in [2.05, 4.69) is 10.6 Å². The summed E-state index contributed by atoms with van der Waals surface area (Å²) in [4.78, 5) is 13.3. The summed E-state index contributed by atoms with van der Waals surface area (Å²) in [6, 6.07) is 17.1. The number of nitrogens with one attached hydrogen (secondary N) is 2. The van der Waals surface area contributed by atoms with Crippen LogP contribution in [-0.2, 0) is 4.79 Å². The predicted octanol–water partition coefficient (Wildman–Crippen LogP) is 4.18. The summed E-state index contributed by atoms with van der Waals surface area (Å²) < 4.78 is 0. The number of para-hydroxylation sites is 1. The van der Waals surface area contributed by atoms with Gasteiger partial charge in [0.25, 0.3) is 5.91 Å². The maximum Gasteiger partial charge on any atom is 0.267 e. The van der Waals surface area contributed by atoms with E-state index in [1.54, 1.807) is 17.8 Å². The summed E-state index contributed by atoms with van der Waals surface area (Å²) in [5.41, 5.74) is 2.48. The molecule has 0 unspecified atom stereocenters. The lowest BCUT2D eigenvalue weighted by molar-refractivity contribution is -0.112. The molecule has 1 amide bonds. The van der Waals surface area contributed by atoms with Crippen LogP contribution in [0.15, 0.2) is 65.2 Å². The van der Waals surface area contributed by atoms with Gasteiger partial charge in [-0.05, 0) is 43.0 Å². The molecule has 2 N–H and O–H groups in total. The molecule has 4 nitrogen and oxygen atoms in total. The zero-order valence-corrected chi connectivity index (χ0v) is 13.8. The Bertz CT molecular complexity index is 778. The highest BCUT2D eigenvalue weighted by atomic mass is 32.2. The molecule has 0 atom stereocenters. The Morgan fingerprint density at radius 3 is 2.70 bits per heavy atom. The number of carbonyl (C=O) groups excluding carboxylic acids is 1. The number of hydrogen-bond donors (Lipinski definition) is 2. The molecule has 0 bridgehead atoms. The van der Waals surface area contributed by atoms with E-state index in [-0.39, 0.29) is 5.57 Å². The normalized spacial score (nSPS) is 10.7. The van der Waals surface area contributed by atoms with Crippen molar-refractivity contribution in [3.8, 4) is 6.07 Å². The number of nitriles is 1. The van der Waals surface area contributed by atoms with Crippen LogP contribution < -0.4 is 10.6 Å². The summed E-state index contributed by atoms with van der Waals surface area (Å²) in [6.45, 7) is 1.90. The van der Waals surface area contributed by atoms with Crippen molar-refractivity contribution in [2.45, 2.75) is 11.8 Å². The molecule has 0 aliphatic rings. The number of aryl methyl sites for hydroxylation is 1. The molecule has 5 heteroatoms. The highest BCUT2D eigenvalue weighted by molar-refractivity contribution is 7.98. The molecule has 2 rings (SSSR count). The van der Waals surface area contributed by atoms with Crippen molar-refractivity contribution >= 4 is 29.0 Å². The van der Waals surface area contributed by atoms with Gasteiger partial charge >= 0.3 is 0 Å². The number of nitrogens with zero attached hydrogens (tertiary/aromatic N) is 1. The standard InChI is InChI=1S/C18H17N3OS/c1-13-6-3-4-9-17(13)21-18(22)14(11-19)12-20-15-7-5-8-16(10-15)23-2/h3-10,12,20H,1-2H3,(H,21,22)/b14-12-. The third kappa shape index (κ3) is 4.63. The molecule has 0 fully saturated rings. The molecule has 0 aliphatic carbocycles. The minimum atomic E-state index is -0.435. The minimum Gasteiger partial charge on any atom is -0.360 e. The van der Waals surface area contributed by atoms with Gasteiger partial charge in [-0.1, -0.05) is 24.3 Å². The summed E-state index contributed by atoms with van der Waals surface area (Å²) in [7, 11) is 0. The maximum absolute atomic E-state index is 12.2. The van der Waals surface area contributed by atoms with Gasteiger partial charge < -0.3 is 10.6 Å². The highest BCUT2D eigenvalue weighted by Crippen LogP contribution is 2.19. The molecule has 0 aliphatic heterocycles. The van der Waals surface area contributed by atoms with Crippen molar-refractivity contribution in [1.29, 1.82) is 5.26 Å². The summed E-state index contributed by atoms with van der Waals surface area (Å²) in [5, 5.41) is 14.9. The summed E-state index contributed by atoms with van der Waals surface area (Å²) >= 11 is 1.63. The van der Waals surface area contributed by atoms with Crippen molar-refractivity contribution in [3.05, 3.63) is 65.9 Å². The predicted molar refractivity (Wildman–Crippen MR) is 95.4 cm³/mol. The fraction of sp³-hybridized carbons (Fsp3) is 0.111. The van der Waals surface area contributed by atoms with Gasteiger partial charge in [-0.3, -0.25) is 4.79 Å². The van der Waals surface area contributed by atoms with Crippen molar-refractivity contribution in [2.24, 2.45) is 0 Å². The third-order valence-electron chi connectivity index (χ3n) is 3.21. The Hall–Kier alpha value is -2.71. The number of amides is 1. The molecule has 0 aromatic heterocycles. The highest BCUT2D eigenvalue weighted by Gasteiger charge is 2.10. The Morgan fingerprint density at radius 2 is 2.00 bits per heavy atom. The van der Waals surface area contributed by atoms with Crippen LogP contribution in [0.5, 0.6) is 0 Å². The molecule has 2 aromatic rings. The SMILES string of the molecule is CSc1cccc(N/C=C(/C#N)C(=O)Nc2ccccc2C)c1. The van der Waals surface area contributed by atoms with E-state index in [9.17, 15) is 10.1 Å². The number of thioether (sulfide) groups is 1. The van der Waals surface area contributed by atoms with Crippen molar-refractivity contribution < 1.29 is 4.79 Å². The number of hydrogen-bond acceptors (Lipinski definition) is 4. The molecular formula is C18H17N3OS. The average molecular weight is 323 g/mol. The van der Waals surface area contributed by atoms with Crippen LogP contribution in [0.25, 0.3) is 0 Å². The second-order valence-electron chi connectivity index (χ2n) is 4.82. The number of rotatable bonds is 5. The lowest BCUT2D eigenvalue weighted by atomic mass is 10.2. The largest absolute Gasteiger partial charge is 0.360 e. The molecule has 0 saturated carbocycles. The molecule has 23 heavy (non-hydrogen) atoms. The molecule has 116 valence electrons. The van der Waals surface area contributed by atoms with E-state index >= 15 is 0 Å². The Morgan fingerprint density at radius 1 is 1.22 bits per heavy atom. The molecule has 0 spiro atoms. The monoisotopic (exact) mass is 323 g/mol. The lowest BCUT2D eigenvalue weighted by Gasteiger charge is -2.08. The zero-order chi connectivity index (χ0) is 16.7. The quantitative estimate of drug-likeness (QED) is 0.492. The van der Waals surface area contributed by atoms with Gasteiger partial charge in [0, 0.05) is 22.5 Å². The van der Waals surface area contributed by atoms with E-state index in [4.69, 9.17) is 0 Å². The molecule has 0 saturated heterocycles. The van der Waals surface area contributed by atoms with Crippen molar-refractivity contribution in [1.82, 2.24) is 0 Å². The van der Waals surface area contributed by atoms with Gasteiger partial charge in [-0.15, -0.1) is 11.8 Å². The van der Waals surface area contributed by atoms with Gasteiger partial charge in [0.2, 0.25) is 0 Å². The first-order valence-electron chi connectivity index (χ1n) is 7.02. The fourth-order valence-electron chi connectivity index (χ4n) is 1.92. The Labute approximate surface area is 140 Å². The number of carbonyl (C=O) groups is 1. The second-order valence-corrected chi connectivity index (χ2v) is 5.69.